The lowest BCUT2D eigenvalue weighted by Gasteiger charge is -2.11. The van der Waals surface area contributed by atoms with Gasteiger partial charge >= 0.3 is 5.97 Å². The van der Waals surface area contributed by atoms with Crippen LogP contribution in [0.3, 0.4) is 0 Å². The lowest BCUT2D eigenvalue weighted by atomic mass is 10.1. The Bertz CT molecular complexity index is 684. The normalized spacial score (nSPS) is 10.5. The highest BCUT2D eigenvalue weighted by atomic mass is 16.5. The average Bonchev–Trinajstić information content (AvgIpc) is 2.59. The molecule has 114 valence electrons. The molecule has 0 spiro atoms. The van der Waals surface area contributed by atoms with Gasteiger partial charge in [0.1, 0.15) is 11.3 Å². The molecule has 0 aliphatic rings. The number of esters is 1. The molecular formula is C16H16N2O4. The zero-order valence-corrected chi connectivity index (χ0v) is 12.6. The van der Waals surface area contributed by atoms with Crippen LogP contribution in [0.15, 0.2) is 30.6 Å². The van der Waals surface area contributed by atoms with Gasteiger partial charge in [-0.1, -0.05) is 6.08 Å². The van der Waals surface area contributed by atoms with Crippen molar-refractivity contribution in [2.45, 2.75) is 0 Å². The zero-order chi connectivity index (χ0) is 15.9. The van der Waals surface area contributed by atoms with E-state index >= 15 is 0 Å². The lowest BCUT2D eigenvalue weighted by Crippen LogP contribution is -2.09. The van der Waals surface area contributed by atoms with E-state index in [1.54, 1.807) is 18.5 Å². The molecule has 0 saturated carbocycles. The summed E-state index contributed by atoms with van der Waals surface area (Å²) in [6, 6.07) is 5.22. The number of carbonyl (C=O) groups excluding carboxylic acids is 1. The molecule has 0 aliphatic heterocycles. The van der Waals surface area contributed by atoms with Gasteiger partial charge in [0.25, 0.3) is 0 Å². The smallest absolute Gasteiger partial charge is 0.343 e. The molecule has 2 rings (SSSR count). The molecular weight excluding hydrogens is 284 g/mol. The van der Waals surface area contributed by atoms with Crippen molar-refractivity contribution in [3.8, 4) is 11.6 Å². The minimum atomic E-state index is -0.526. The number of methoxy groups -OCH3 is 3. The number of carbonyl (C=O) groups is 1. The number of rotatable bonds is 5. The fraction of sp³-hybridized carbons (Fsp3) is 0.188. The third-order valence-electron chi connectivity index (χ3n) is 2.95. The van der Waals surface area contributed by atoms with E-state index in [1.165, 1.54) is 27.4 Å². The Morgan fingerprint density at radius 1 is 1.09 bits per heavy atom. The highest BCUT2D eigenvalue weighted by Crippen LogP contribution is 2.27. The summed E-state index contributed by atoms with van der Waals surface area (Å²) in [5.74, 6) is 0.161. The van der Waals surface area contributed by atoms with E-state index in [-0.39, 0.29) is 5.56 Å². The molecule has 6 nitrogen and oxygen atoms in total. The molecule has 0 saturated heterocycles. The van der Waals surface area contributed by atoms with E-state index in [0.29, 0.717) is 17.3 Å². The van der Waals surface area contributed by atoms with Crippen LogP contribution in [0.25, 0.3) is 12.2 Å². The van der Waals surface area contributed by atoms with Gasteiger partial charge in [-0.25, -0.2) is 9.78 Å². The van der Waals surface area contributed by atoms with Crippen LogP contribution in [0.4, 0.5) is 0 Å². The van der Waals surface area contributed by atoms with Gasteiger partial charge in [0, 0.05) is 18.5 Å². The zero-order valence-electron chi connectivity index (χ0n) is 12.6. The summed E-state index contributed by atoms with van der Waals surface area (Å²) in [5.41, 5.74) is 1.57. The Labute approximate surface area is 128 Å². The Morgan fingerprint density at radius 3 is 2.41 bits per heavy atom. The molecule has 0 unspecified atom stereocenters. The number of hydrogen-bond donors (Lipinski definition) is 0. The molecule has 0 aliphatic carbocycles. The third kappa shape index (κ3) is 3.41. The number of pyridine rings is 2. The molecule has 2 heterocycles. The minimum Gasteiger partial charge on any atom is -0.496 e. The summed E-state index contributed by atoms with van der Waals surface area (Å²) >= 11 is 0. The molecule has 2 aromatic heterocycles. The quantitative estimate of drug-likeness (QED) is 0.790. The van der Waals surface area contributed by atoms with Crippen molar-refractivity contribution < 1.29 is 19.0 Å². The van der Waals surface area contributed by atoms with Gasteiger partial charge in [-0.2, -0.15) is 0 Å². The second-order valence-corrected chi connectivity index (χ2v) is 4.23. The first-order valence-corrected chi connectivity index (χ1v) is 6.49. The van der Waals surface area contributed by atoms with Crippen LogP contribution in [-0.2, 0) is 4.74 Å². The molecule has 0 amide bonds. The van der Waals surface area contributed by atoms with Crippen molar-refractivity contribution in [1.29, 1.82) is 0 Å². The molecule has 6 heteroatoms. The van der Waals surface area contributed by atoms with Gasteiger partial charge < -0.3 is 14.2 Å². The maximum absolute atomic E-state index is 12.0. The largest absolute Gasteiger partial charge is 0.496 e. The molecule has 0 bridgehead atoms. The van der Waals surface area contributed by atoms with Crippen molar-refractivity contribution in [3.05, 3.63) is 47.4 Å². The van der Waals surface area contributed by atoms with Gasteiger partial charge in [-0.05, 0) is 23.8 Å². The summed E-state index contributed by atoms with van der Waals surface area (Å²) < 4.78 is 15.2. The van der Waals surface area contributed by atoms with E-state index in [2.05, 4.69) is 9.97 Å². The van der Waals surface area contributed by atoms with Gasteiger partial charge in [0.15, 0.2) is 0 Å². The van der Waals surface area contributed by atoms with Crippen LogP contribution in [0, 0.1) is 0 Å². The average molecular weight is 300 g/mol. The van der Waals surface area contributed by atoms with E-state index in [9.17, 15) is 4.79 Å². The second kappa shape index (κ2) is 7.21. The summed E-state index contributed by atoms with van der Waals surface area (Å²) in [7, 11) is 4.27. The van der Waals surface area contributed by atoms with Crippen LogP contribution in [0.5, 0.6) is 11.6 Å². The Morgan fingerprint density at radius 2 is 1.82 bits per heavy atom. The van der Waals surface area contributed by atoms with Crippen molar-refractivity contribution in [2.24, 2.45) is 0 Å². The fourth-order valence-electron chi connectivity index (χ4n) is 1.86. The van der Waals surface area contributed by atoms with Crippen LogP contribution < -0.4 is 9.47 Å². The van der Waals surface area contributed by atoms with Gasteiger partial charge in [-0.15, -0.1) is 0 Å². The van der Waals surface area contributed by atoms with Gasteiger partial charge in [0.05, 0.1) is 27.0 Å². The van der Waals surface area contributed by atoms with Gasteiger partial charge in [-0.3, -0.25) is 4.98 Å². The molecule has 0 fully saturated rings. The summed E-state index contributed by atoms with van der Waals surface area (Å²) in [4.78, 5) is 20.2. The van der Waals surface area contributed by atoms with E-state index in [1.807, 2.05) is 18.2 Å². The molecule has 0 radical (unpaired) electrons. The Hall–Kier alpha value is -2.89. The van der Waals surface area contributed by atoms with Crippen molar-refractivity contribution >= 4 is 18.1 Å². The standard InChI is InChI=1S/C16H16N2O4/c1-20-13-10-14(21-2)18-12(15(13)16(19)22-3)5-4-11-6-8-17-9-7-11/h4-10H,1-3H3/b5-4-. The van der Waals surface area contributed by atoms with Crippen molar-refractivity contribution in [1.82, 2.24) is 9.97 Å². The maximum atomic E-state index is 12.0. The second-order valence-electron chi connectivity index (χ2n) is 4.23. The van der Waals surface area contributed by atoms with E-state index in [4.69, 9.17) is 14.2 Å². The molecule has 22 heavy (non-hydrogen) atoms. The number of nitrogens with zero attached hydrogens (tertiary/aromatic N) is 2. The predicted octanol–water partition coefficient (Wildman–Crippen LogP) is 2.45. The maximum Gasteiger partial charge on any atom is 0.343 e. The lowest BCUT2D eigenvalue weighted by molar-refractivity contribution is 0.0596. The SMILES string of the molecule is COC(=O)c1c(OC)cc(OC)nc1/C=C\c1ccncc1. The van der Waals surface area contributed by atoms with Crippen LogP contribution >= 0.6 is 0 Å². The number of aromatic nitrogens is 2. The topological polar surface area (TPSA) is 70.5 Å². The monoisotopic (exact) mass is 300 g/mol. The minimum absolute atomic E-state index is 0.246. The van der Waals surface area contributed by atoms with Crippen LogP contribution in [0.1, 0.15) is 21.6 Å². The Balaban J connectivity index is 2.52. The molecule has 0 aromatic carbocycles. The highest BCUT2D eigenvalue weighted by Gasteiger charge is 2.20. The molecule has 0 atom stereocenters. The van der Waals surface area contributed by atoms with Gasteiger partial charge in [0.2, 0.25) is 5.88 Å². The number of ether oxygens (including phenoxy) is 3. The molecule has 2 aromatic rings. The third-order valence-corrected chi connectivity index (χ3v) is 2.95. The molecule has 0 N–H and O–H groups in total. The first kappa shape index (κ1) is 15.5. The number of hydrogen-bond acceptors (Lipinski definition) is 6. The fourth-order valence-corrected chi connectivity index (χ4v) is 1.86. The van der Waals surface area contributed by atoms with Crippen LogP contribution in [0.2, 0.25) is 0 Å². The van der Waals surface area contributed by atoms with E-state index in [0.717, 1.165) is 5.56 Å². The summed E-state index contributed by atoms with van der Waals surface area (Å²) in [6.45, 7) is 0. The highest BCUT2D eigenvalue weighted by molar-refractivity contribution is 5.97. The van der Waals surface area contributed by atoms with Crippen molar-refractivity contribution in [2.75, 3.05) is 21.3 Å². The first-order valence-electron chi connectivity index (χ1n) is 6.49. The summed E-state index contributed by atoms with van der Waals surface area (Å²) in [5, 5.41) is 0. The van der Waals surface area contributed by atoms with Crippen LogP contribution in [-0.4, -0.2) is 37.3 Å². The van der Waals surface area contributed by atoms with E-state index < -0.39 is 5.97 Å². The first-order chi connectivity index (χ1) is 10.7. The Kier molecular flexibility index (Phi) is 5.08. The summed E-state index contributed by atoms with van der Waals surface area (Å²) in [6.07, 6.45) is 6.88. The van der Waals surface area contributed by atoms with Crippen molar-refractivity contribution in [3.63, 3.8) is 0 Å². The predicted molar refractivity (Wildman–Crippen MR) is 81.8 cm³/mol.